The van der Waals surface area contributed by atoms with Crippen molar-refractivity contribution in [3.05, 3.63) is 12.2 Å². The predicted octanol–water partition coefficient (Wildman–Crippen LogP) is 2.39. The maximum atomic E-state index is 12.1. The number of nitrogens with one attached hydrogen (secondary N) is 2. The van der Waals surface area contributed by atoms with E-state index in [4.69, 9.17) is 4.74 Å². The van der Waals surface area contributed by atoms with Crippen LogP contribution in [0.15, 0.2) is 12.2 Å². The van der Waals surface area contributed by atoms with Crippen LogP contribution >= 0.6 is 0 Å². The van der Waals surface area contributed by atoms with Crippen molar-refractivity contribution in [2.45, 2.75) is 45.6 Å². The van der Waals surface area contributed by atoms with Gasteiger partial charge < -0.3 is 15.4 Å². The molecule has 5 heteroatoms. The molecule has 0 aromatic rings. The second kappa shape index (κ2) is 9.93. The molecule has 1 heterocycles. The minimum Gasteiger partial charge on any atom is -0.379 e. The molecule has 2 aliphatic rings. The van der Waals surface area contributed by atoms with Crippen molar-refractivity contribution >= 4 is 6.03 Å². The van der Waals surface area contributed by atoms with Crippen molar-refractivity contribution in [3.8, 4) is 0 Å². The van der Waals surface area contributed by atoms with E-state index < -0.39 is 0 Å². The van der Waals surface area contributed by atoms with E-state index in [1.807, 2.05) is 0 Å². The molecule has 0 spiro atoms. The molecule has 0 radical (unpaired) electrons. The number of morpholine rings is 1. The molecule has 132 valence electrons. The van der Waals surface area contributed by atoms with Crippen LogP contribution in [0.3, 0.4) is 0 Å². The van der Waals surface area contributed by atoms with E-state index in [0.717, 1.165) is 52.1 Å². The highest BCUT2D eigenvalue weighted by molar-refractivity contribution is 5.73. The van der Waals surface area contributed by atoms with Crippen LogP contribution in [-0.2, 0) is 4.74 Å². The molecule has 0 bridgehead atoms. The quantitative estimate of drug-likeness (QED) is 0.707. The standard InChI is InChI=1S/C18H33N3O2/c1-15(2)12-17(21-8-10-23-11-9-21)14-20-18(22)19-13-16-6-4-3-5-7-16/h3-4,15-17H,5-14H2,1-2H3,(H2,19,20,22). The zero-order valence-electron chi connectivity index (χ0n) is 14.7. The molecule has 1 fully saturated rings. The Morgan fingerprint density at radius 3 is 2.70 bits per heavy atom. The smallest absolute Gasteiger partial charge is 0.314 e. The first-order chi connectivity index (χ1) is 11.1. The molecular weight excluding hydrogens is 290 g/mol. The lowest BCUT2D eigenvalue weighted by Crippen LogP contribution is -2.51. The summed E-state index contributed by atoms with van der Waals surface area (Å²) in [4.78, 5) is 14.5. The molecule has 1 saturated heterocycles. The summed E-state index contributed by atoms with van der Waals surface area (Å²) in [6.45, 7) is 9.52. The van der Waals surface area contributed by atoms with Crippen LogP contribution in [0.5, 0.6) is 0 Å². The van der Waals surface area contributed by atoms with Gasteiger partial charge in [0, 0.05) is 32.2 Å². The normalized spacial score (nSPS) is 23.7. The van der Waals surface area contributed by atoms with Gasteiger partial charge in [0.25, 0.3) is 0 Å². The molecule has 23 heavy (non-hydrogen) atoms. The lowest BCUT2D eigenvalue weighted by atomic mass is 9.94. The van der Waals surface area contributed by atoms with Crippen molar-refractivity contribution < 1.29 is 9.53 Å². The summed E-state index contributed by atoms with van der Waals surface area (Å²) in [5.41, 5.74) is 0. The third kappa shape index (κ3) is 6.92. The first-order valence-electron chi connectivity index (χ1n) is 9.13. The van der Waals surface area contributed by atoms with Crippen LogP contribution in [0, 0.1) is 11.8 Å². The molecule has 0 saturated carbocycles. The zero-order chi connectivity index (χ0) is 16.5. The van der Waals surface area contributed by atoms with Crippen molar-refractivity contribution in [2.75, 3.05) is 39.4 Å². The molecule has 2 amide bonds. The van der Waals surface area contributed by atoms with Gasteiger partial charge in [-0.15, -0.1) is 0 Å². The number of hydrogen-bond donors (Lipinski definition) is 2. The number of urea groups is 1. The number of nitrogens with zero attached hydrogens (tertiary/aromatic N) is 1. The van der Waals surface area contributed by atoms with E-state index in [1.165, 1.54) is 6.42 Å². The molecule has 0 aromatic heterocycles. The molecule has 2 rings (SSSR count). The molecule has 2 N–H and O–H groups in total. The zero-order valence-corrected chi connectivity index (χ0v) is 14.7. The maximum absolute atomic E-state index is 12.1. The number of carbonyl (C=O) groups excluding carboxylic acids is 1. The monoisotopic (exact) mass is 323 g/mol. The Morgan fingerprint density at radius 1 is 1.26 bits per heavy atom. The van der Waals surface area contributed by atoms with Crippen molar-refractivity contribution in [1.82, 2.24) is 15.5 Å². The summed E-state index contributed by atoms with van der Waals surface area (Å²) in [6.07, 6.45) is 8.97. The Kier molecular flexibility index (Phi) is 7.89. The highest BCUT2D eigenvalue weighted by Crippen LogP contribution is 2.17. The SMILES string of the molecule is CC(C)CC(CNC(=O)NCC1CC=CCC1)N1CCOCC1. The minimum atomic E-state index is -0.0263. The van der Waals surface area contributed by atoms with Gasteiger partial charge in [0.15, 0.2) is 0 Å². The van der Waals surface area contributed by atoms with Crippen LogP contribution in [0.2, 0.25) is 0 Å². The molecule has 1 aliphatic carbocycles. The number of allylic oxidation sites excluding steroid dienone is 2. The highest BCUT2D eigenvalue weighted by Gasteiger charge is 2.22. The number of ether oxygens (including phenoxy) is 1. The maximum Gasteiger partial charge on any atom is 0.314 e. The molecule has 2 atom stereocenters. The highest BCUT2D eigenvalue weighted by atomic mass is 16.5. The van der Waals surface area contributed by atoms with E-state index in [2.05, 4.69) is 41.5 Å². The van der Waals surface area contributed by atoms with Gasteiger partial charge in [0.1, 0.15) is 0 Å². The Morgan fingerprint density at radius 2 is 2.04 bits per heavy atom. The van der Waals surface area contributed by atoms with E-state index in [1.54, 1.807) is 0 Å². The second-order valence-electron chi connectivity index (χ2n) is 7.17. The lowest BCUT2D eigenvalue weighted by Gasteiger charge is -2.35. The van der Waals surface area contributed by atoms with Gasteiger partial charge in [-0.2, -0.15) is 0 Å². The third-order valence-electron chi connectivity index (χ3n) is 4.73. The number of hydrogen-bond acceptors (Lipinski definition) is 3. The largest absolute Gasteiger partial charge is 0.379 e. The number of rotatable bonds is 7. The summed E-state index contributed by atoms with van der Waals surface area (Å²) in [7, 11) is 0. The van der Waals surface area contributed by atoms with Crippen molar-refractivity contribution in [1.29, 1.82) is 0 Å². The Labute approximate surface area is 140 Å². The lowest BCUT2D eigenvalue weighted by molar-refractivity contribution is 0.0129. The summed E-state index contributed by atoms with van der Waals surface area (Å²) < 4.78 is 5.44. The minimum absolute atomic E-state index is 0.0263. The van der Waals surface area contributed by atoms with Gasteiger partial charge in [-0.3, -0.25) is 4.90 Å². The van der Waals surface area contributed by atoms with Crippen LogP contribution < -0.4 is 10.6 Å². The fourth-order valence-electron chi connectivity index (χ4n) is 3.40. The van der Waals surface area contributed by atoms with Gasteiger partial charge in [-0.25, -0.2) is 4.79 Å². The van der Waals surface area contributed by atoms with Crippen LogP contribution in [0.4, 0.5) is 4.79 Å². The van der Waals surface area contributed by atoms with Crippen molar-refractivity contribution in [2.24, 2.45) is 11.8 Å². The van der Waals surface area contributed by atoms with E-state index in [-0.39, 0.29) is 6.03 Å². The molecule has 0 aromatic carbocycles. The van der Waals surface area contributed by atoms with Crippen LogP contribution in [-0.4, -0.2) is 56.4 Å². The molecule has 2 unspecified atom stereocenters. The first-order valence-corrected chi connectivity index (χ1v) is 9.13. The van der Waals surface area contributed by atoms with E-state index >= 15 is 0 Å². The first kappa shape index (κ1) is 18.3. The van der Waals surface area contributed by atoms with Gasteiger partial charge in [-0.1, -0.05) is 26.0 Å². The molecule has 5 nitrogen and oxygen atoms in total. The Balaban J connectivity index is 1.70. The average molecular weight is 323 g/mol. The average Bonchev–Trinajstić information content (AvgIpc) is 2.58. The molecule has 1 aliphatic heterocycles. The van der Waals surface area contributed by atoms with E-state index in [0.29, 0.717) is 24.4 Å². The fourth-order valence-corrected chi connectivity index (χ4v) is 3.40. The van der Waals surface area contributed by atoms with Gasteiger partial charge in [0.05, 0.1) is 13.2 Å². The fraction of sp³-hybridized carbons (Fsp3) is 0.833. The summed E-state index contributed by atoms with van der Waals surface area (Å²) in [6, 6.07) is 0.379. The number of carbonyl (C=O) groups is 1. The van der Waals surface area contributed by atoms with Gasteiger partial charge in [0.2, 0.25) is 0 Å². The van der Waals surface area contributed by atoms with Crippen LogP contribution in [0.25, 0.3) is 0 Å². The molecular formula is C18H33N3O2. The number of amides is 2. The summed E-state index contributed by atoms with van der Waals surface area (Å²) in [5, 5.41) is 6.11. The second-order valence-corrected chi connectivity index (χ2v) is 7.17. The van der Waals surface area contributed by atoms with Crippen molar-refractivity contribution in [3.63, 3.8) is 0 Å². The summed E-state index contributed by atoms with van der Waals surface area (Å²) >= 11 is 0. The summed E-state index contributed by atoms with van der Waals surface area (Å²) in [5.74, 6) is 1.22. The van der Waals surface area contributed by atoms with Crippen LogP contribution in [0.1, 0.15) is 39.5 Å². The van der Waals surface area contributed by atoms with Gasteiger partial charge >= 0.3 is 6.03 Å². The predicted molar refractivity (Wildman–Crippen MR) is 93.5 cm³/mol. The Bertz CT molecular complexity index is 378. The Hall–Kier alpha value is -1.07. The van der Waals surface area contributed by atoms with E-state index in [9.17, 15) is 4.79 Å². The van der Waals surface area contributed by atoms with Gasteiger partial charge in [-0.05, 0) is 37.5 Å². The third-order valence-corrected chi connectivity index (χ3v) is 4.73. The topological polar surface area (TPSA) is 53.6 Å².